The van der Waals surface area contributed by atoms with Gasteiger partial charge in [-0.25, -0.2) is 4.79 Å². The highest BCUT2D eigenvalue weighted by atomic mass is 35.5. The van der Waals surface area contributed by atoms with Gasteiger partial charge in [0.05, 0.1) is 21.2 Å². The average Bonchev–Trinajstić information content (AvgIpc) is 2.67. The number of rotatable bonds is 6. The molecule has 158 valence electrons. The summed E-state index contributed by atoms with van der Waals surface area (Å²) in [6.07, 6.45) is -3.84. The van der Waals surface area contributed by atoms with E-state index in [1.54, 1.807) is 0 Å². The molecule has 0 aliphatic heterocycles. The summed E-state index contributed by atoms with van der Waals surface area (Å²) in [5.74, 6) is -1.78. The molecular weight excluding hydrogens is 429 g/mol. The normalized spacial score (nSPS) is 12.4. The Morgan fingerprint density at radius 1 is 1.23 bits per heavy atom. The van der Waals surface area contributed by atoms with Gasteiger partial charge in [0, 0.05) is 18.2 Å². The molecule has 0 aliphatic carbocycles. The van der Waals surface area contributed by atoms with E-state index in [1.807, 2.05) is 0 Å². The van der Waals surface area contributed by atoms with E-state index in [-0.39, 0.29) is 22.0 Å². The van der Waals surface area contributed by atoms with Crippen LogP contribution < -0.4 is 5.32 Å². The fourth-order valence-electron chi connectivity index (χ4n) is 2.21. The Morgan fingerprint density at radius 3 is 2.57 bits per heavy atom. The van der Waals surface area contributed by atoms with E-state index in [4.69, 9.17) is 16.3 Å². The van der Waals surface area contributed by atoms with Crippen LogP contribution in [0, 0.1) is 10.1 Å². The third-order valence-corrected chi connectivity index (χ3v) is 4.04. The molecule has 0 saturated heterocycles. The molecule has 1 N–H and O–H groups in total. The minimum atomic E-state index is -4.52. The Hall–Kier alpha value is -3.40. The van der Waals surface area contributed by atoms with Gasteiger partial charge in [-0.05, 0) is 36.8 Å². The second kappa shape index (κ2) is 9.40. The highest BCUT2D eigenvalue weighted by molar-refractivity contribution is 6.33. The molecule has 2 rings (SSSR count). The first-order valence-electron chi connectivity index (χ1n) is 8.28. The van der Waals surface area contributed by atoms with Crippen molar-refractivity contribution in [2.75, 3.05) is 5.32 Å². The van der Waals surface area contributed by atoms with Crippen molar-refractivity contribution in [1.29, 1.82) is 0 Å². The molecule has 2 aromatic carbocycles. The number of non-ortho nitro benzene ring substituents is 1. The number of carbonyl (C=O) groups is 2. The summed E-state index contributed by atoms with van der Waals surface area (Å²) in [5.41, 5.74) is -1.11. The lowest BCUT2D eigenvalue weighted by Crippen LogP contribution is -2.29. The summed E-state index contributed by atoms with van der Waals surface area (Å²) in [4.78, 5) is 34.1. The zero-order chi connectivity index (χ0) is 22.5. The lowest BCUT2D eigenvalue weighted by molar-refractivity contribution is -0.384. The van der Waals surface area contributed by atoms with Crippen molar-refractivity contribution in [3.63, 3.8) is 0 Å². The zero-order valence-electron chi connectivity index (χ0n) is 15.3. The van der Waals surface area contributed by atoms with Crippen molar-refractivity contribution < 1.29 is 32.4 Å². The Morgan fingerprint density at radius 2 is 1.93 bits per heavy atom. The maximum absolute atomic E-state index is 12.7. The molecule has 0 aliphatic rings. The molecular formula is C19H14ClF3N2O5. The van der Waals surface area contributed by atoms with Crippen LogP contribution in [0.2, 0.25) is 5.02 Å². The van der Waals surface area contributed by atoms with E-state index < -0.39 is 34.6 Å². The number of nitrogens with one attached hydrogen (secondary N) is 1. The molecule has 0 bridgehead atoms. The monoisotopic (exact) mass is 442 g/mol. The predicted molar refractivity (Wildman–Crippen MR) is 103 cm³/mol. The maximum Gasteiger partial charge on any atom is 0.416 e. The van der Waals surface area contributed by atoms with Gasteiger partial charge in [0.25, 0.3) is 11.6 Å². The van der Waals surface area contributed by atoms with Crippen LogP contribution in [-0.4, -0.2) is 22.9 Å². The van der Waals surface area contributed by atoms with Gasteiger partial charge in [-0.15, -0.1) is 0 Å². The quantitative estimate of drug-likeness (QED) is 0.298. The van der Waals surface area contributed by atoms with E-state index in [2.05, 4.69) is 5.32 Å². The summed E-state index contributed by atoms with van der Waals surface area (Å²) in [5, 5.41) is 13.2. The highest BCUT2D eigenvalue weighted by Crippen LogP contribution is 2.30. The molecule has 0 aromatic heterocycles. The number of benzene rings is 2. The van der Waals surface area contributed by atoms with Gasteiger partial charge in [-0.3, -0.25) is 14.9 Å². The first-order chi connectivity index (χ1) is 14.0. The minimum Gasteiger partial charge on any atom is -0.449 e. The van der Waals surface area contributed by atoms with Crippen molar-refractivity contribution in [1.82, 2.24) is 0 Å². The Bertz CT molecular complexity index is 1010. The molecule has 2 aromatic rings. The molecule has 0 spiro atoms. The molecule has 30 heavy (non-hydrogen) atoms. The Balaban J connectivity index is 2.00. The SMILES string of the molecule is CC(OC(=O)/C=C/c1cccc(C(F)(F)F)c1)C(=O)Nc1cc([N+](=O)[O-])ccc1Cl. The van der Waals surface area contributed by atoms with Crippen LogP contribution in [0.25, 0.3) is 6.08 Å². The Kier molecular flexibility index (Phi) is 7.17. The van der Waals surface area contributed by atoms with E-state index in [0.29, 0.717) is 0 Å². The number of nitro benzene ring substituents is 1. The second-order valence-corrected chi connectivity index (χ2v) is 6.35. The molecule has 11 heteroatoms. The van der Waals surface area contributed by atoms with Gasteiger partial charge in [0.2, 0.25) is 0 Å². The number of hydrogen-bond acceptors (Lipinski definition) is 5. The van der Waals surface area contributed by atoms with Crippen LogP contribution in [0.1, 0.15) is 18.1 Å². The summed E-state index contributed by atoms with van der Waals surface area (Å²) in [6, 6.07) is 7.71. The number of carbonyl (C=O) groups excluding carboxylic acids is 2. The van der Waals surface area contributed by atoms with Crippen LogP contribution in [0.15, 0.2) is 48.5 Å². The summed E-state index contributed by atoms with van der Waals surface area (Å²) in [6.45, 7) is 1.25. The third-order valence-electron chi connectivity index (χ3n) is 3.71. The number of hydrogen-bond donors (Lipinski definition) is 1. The number of ether oxygens (including phenoxy) is 1. The van der Waals surface area contributed by atoms with Crippen LogP contribution in [0.4, 0.5) is 24.5 Å². The van der Waals surface area contributed by atoms with E-state index in [9.17, 15) is 32.9 Å². The maximum atomic E-state index is 12.7. The van der Waals surface area contributed by atoms with Gasteiger partial charge >= 0.3 is 12.1 Å². The number of halogens is 4. The first kappa shape index (κ1) is 22.9. The second-order valence-electron chi connectivity index (χ2n) is 5.95. The molecule has 1 atom stereocenters. The molecule has 0 saturated carbocycles. The molecule has 1 amide bonds. The molecule has 0 fully saturated rings. The molecule has 1 unspecified atom stereocenters. The van der Waals surface area contributed by atoms with E-state index in [1.165, 1.54) is 25.1 Å². The van der Waals surface area contributed by atoms with Crippen molar-refractivity contribution in [3.8, 4) is 0 Å². The van der Waals surface area contributed by atoms with E-state index >= 15 is 0 Å². The van der Waals surface area contributed by atoms with Gasteiger partial charge in [-0.2, -0.15) is 13.2 Å². The van der Waals surface area contributed by atoms with Crippen LogP contribution >= 0.6 is 11.6 Å². The topological polar surface area (TPSA) is 98.5 Å². The largest absolute Gasteiger partial charge is 0.449 e. The summed E-state index contributed by atoms with van der Waals surface area (Å²) in [7, 11) is 0. The van der Waals surface area contributed by atoms with Gasteiger partial charge < -0.3 is 10.1 Å². The number of nitro groups is 1. The smallest absolute Gasteiger partial charge is 0.416 e. The molecule has 7 nitrogen and oxygen atoms in total. The highest BCUT2D eigenvalue weighted by Gasteiger charge is 2.30. The van der Waals surface area contributed by atoms with Gasteiger partial charge in [-0.1, -0.05) is 23.7 Å². The standard InChI is InChI=1S/C19H14ClF3N2O5/c1-11(18(27)24-16-10-14(25(28)29)6-7-15(16)20)30-17(26)8-5-12-3-2-4-13(9-12)19(21,22)23/h2-11H,1H3,(H,24,27)/b8-5+. The molecule has 0 radical (unpaired) electrons. The molecule has 0 heterocycles. The first-order valence-corrected chi connectivity index (χ1v) is 8.66. The van der Waals surface area contributed by atoms with Crippen molar-refractivity contribution in [3.05, 3.63) is 74.8 Å². The number of nitrogens with zero attached hydrogens (tertiary/aromatic N) is 1. The number of amides is 1. The summed E-state index contributed by atoms with van der Waals surface area (Å²) < 4.78 is 43.0. The Labute approximate surface area is 173 Å². The van der Waals surface area contributed by atoms with E-state index in [0.717, 1.165) is 36.4 Å². The van der Waals surface area contributed by atoms with Crippen LogP contribution in [0.5, 0.6) is 0 Å². The number of esters is 1. The summed E-state index contributed by atoms with van der Waals surface area (Å²) >= 11 is 5.88. The lowest BCUT2D eigenvalue weighted by Gasteiger charge is -2.13. The fourth-order valence-corrected chi connectivity index (χ4v) is 2.37. The average molecular weight is 443 g/mol. The predicted octanol–water partition coefficient (Wildman–Crippen LogP) is 4.85. The van der Waals surface area contributed by atoms with Crippen LogP contribution in [-0.2, 0) is 20.5 Å². The number of alkyl halides is 3. The third kappa shape index (κ3) is 6.31. The number of anilines is 1. The van der Waals surface area contributed by atoms with Crippen molar-refractivity contribution in [2.45, 2.75) is 19.2 Å². The fraction of sp³-hybridized carbons (Fsp3) is 0.158. The van der Waals surface area contributed by atoms with Gasteiger partial charge in [0.1, 0.15) is 0 Å². The zero-order valence-corrected chi connectivity index (χ0v) is 16.0. The van der Waals surface area contributed by atoms with Crippen molar-refractivity contribution in [2.24, 2.45) is 0 Å². The van der Waals surface area contributed by atoms with Gasteiger partial charge in [0.15, 0.2) is 6.10 Å². The van der Waals surface area contributed by atoms with Crippen LogP contribution in [0.3, 0.4) is 0 Å². The van der Waals surface area contributed by atoms with Crippen molar-refractivity contribution >= 4 is 40.9 Å². The minimum absolute atomic E-state index is 0.0388. The lowest BCUT2D eigenvalue weighted by atomic mass is 10.1.